The molecule has 1 N–H and O–H groups in total. The van der Waals surface area contributed by atoms with Crippen molar-refractivity contribution in [1.82, 2.24) is 9.55 Å². The molecule has 0 aliphatic carbocycles. The Morgan fingerprint density at radius 2 is 2.21 bits per heavy atom. The van der Waals surface area contributed by atoms with Gasteiger partial charge in [0, 0.05) is 12.2 Å². The number of rotatable bonds is 2. The molecule has 5 heteroatoms. The highest BCUT2D eigenvalue weighted by Gasteiger charge is 2.24. The predicted molar refractivity (Wildman–Crippen MR) is 46.0 cm³/mol. The molecule has 0 spiro atoms. The fourth-order valence-corrected chi connectivity index (χ4v) is 1.94. The first-order valence-electron chi connectivity index (χ1n) is 4.71. The van der Waals surface area contributed by atoms with Crippen LogP contribution < -0.4 is 0 Å². The Bertz CT molecular complexity index is 336. The maximum atomic E-state index is 12.5. The molecule has 0 saturated heterocycles. The molecule has 14 heavy (non-hydrogen) atoms. The van der Waals surface area contributed by atoms with E-state index in [0.29, 0.717) is 12.2 Å². The van der Waals surface area contributed by atoms with Crippen molar-refractivity contribution in [1.29, 1.82) is 0 Å². The van der Waals surface area contributed by atoms with Crippen molar-refractivity contribution in [2.45, 2.75) is 38.8 Å². The fraction of sp³-hybridized carbons (Fsp3) is 0.667. The van der Waals surface area contributed by atoms with E-state index in [-0.39, 0.29) is 12.4 Å². The number of nitrogens with zero attached hydrogens (tertiary/aromatic N) is 2. The first-order chi connectivity index (χ1) is 6.74. The standard InChI is InChI=1S/C9H12F2N2O/c10-8(11)9-12-6(5-14)7-3-1-2-4-13(7)9/h8,14H,1-5H2. The molecule has 3 nitrogen and oxygen atoms in total. The Kier molecular flexibility index (Phi) is 2.50. The molecule has 1 aromatic rings. The number of hydrogen-bond donors (Lipinski definition) is 1. The van der Waals surface area contributed by atoms with Crippen molar-refractivity contribution in [3.05, 3.63) is 17.2 Å². The molecule has 0 amide bonds. The topological polar surface area (TPSA) is 38.1 Å². The number of aliphatic hydroxyl groups is 1. The largest absolute Gasteiger partial charge is 0.390 e. The monoisotopic (exact) mass is 202 g/mol. The number of aliphatic hydroxyl groups excluding tert-OH is 1. The molecule has 0 bridgehead atoms. The van der Waals surface area contributed by atoms with Gasteiger partial charge in [-0.05, 0) is 19.3 Å². The van der Waals surface area contributed by atoms with Gasteiger partial charge >= 0.3 is 0 Å². The number of alkyl halides is 2. The van der Waals surface area contributed by atoms with E-state index in [2.05, 4.69) is 4.98 Å². The molecule has 1 aliphatic heterocycles. The second-order valence-corrected chi connectivity index (χ2v) is 3.43. The van der Waals surface area contributed by atoms with Gasteiger partial charge in [0.2, 0.25) is 0 Å². The van der Waals surface area contributed by atoms with Crippen LogP contribution in [0.4, 0.5) is 8.78 Å². The van der Waals surface area contributed by atoms with Crippen LogP contribution in [0.25, 0.3) is 0 Å². The summed E-state index contributed by atoms with van der Waals surface area (Å²) in [6, 6.07) is 0. The Hall–Kier alpha value is -0.970. The second kappa shape index (κ2) is 3.65. The van der Waals surface area contributed by atoms with Gasteiger partial charge in [-0.25, -0.2) is 13.8 Å². The molecule has 1 aromatic heterocycles. The van der Waals surface area contributed by atoms with Crippen LogP contribution >= 0.6 is 0 Å². The summed E-state index contributed by atoms with van der Waals surface area (Å²) < 4.78 is 26.6. The van der Waals surface area contributed by atoms with Gasteiger partial charge in [-0.3, -0.25) is 0 Å². The van der Waals surface area contributed by atoms with Gasteiger partial charge in [0.05, 0.1) is 12.3 Å². The summed E-state index contributed by atoms with van der Waals surface area (Å²) in [5, 5.41) is 8.97. The maximum Gasteiger partial charge on any atom is 0.295 e. The summed E-state index contributed by atoms with van der Waals surface area (Å²) in [5.41, 5.74) is 1.20. The highest BCUT2D eigenvalue weighted by Crippen LogP contribution is 2.26. The van der Waals surface area contributed by atoms with E-state index in [4.69, 9.17) is 5.11 Å². The first kappa shape index (κ1) is 9.58. The number of aromatic nitrogens is 2. The lowest BCUT2D eigenvalue weighted by atomic mass is 10.1. The van der Waals surface area contributed by atoms with Gasteiger partial charge < -0.3 is 9.67 Å². The van der Waals surface area contributed by atoms with Gasteiger partial charge in [-0.2, -0.15) is 0 Å². The van der Waals surface area contributed by atoms with Crippen molar-refractivity contribution in [2.24, 2.45) is 0 Å². The van der Waals surface area contributed by atoms with Gasteiger partial charge in [-0.1, -0.05) is 0 Å². The smallest absolute Gasteiger partial charge is 0.295 e. The molecule has 0 radical (unpaired) electrons. The van der Waals surface area contributed by atoms with E-state index in [1.54, 1.807) is 4.57 Å². The maximum absolute atomic E-state index is 12.5. The molecule has 2 heterocycles. The van der Waals surface area contributed by atoms with Gasteiger partial charge in [0.25, 0.3) is 6.43 Å². The van der Waals surface area contributed by atoms with E-state index in [0.717, 1.165) is 25.0 Å². The summed E-state index contributed by atoms with van der Waals surface area (Å²) in [7, 11) is 0. The molecular formula is C9H12F2N2O. The van der Waals surface area contributed by atoms with Gasteiger partial charge in [0.1, 0.15) is 0 Å². The Labute approximate surface area is 80.4 Å². The summed E-state index contributed by atoms with van der Waals surface area (Å²) in [6.45, 7) is 0.351. The van der Waals surface area contributed by atoms with Crippen molar-refractivity contribution >= 4 is 0 Å². The Morgan fingerprint density at radius 3 is 2.86 bits per heavy atom. The SMILES string of the molecule is OCc1nc(C(F)F)n2c1CCCC2. The second-order valence-electron chi connectivity index (χ2n) is 3.43. The zero-order valence-electron chi connectivity index (χ0n) is 7.71. The van der Waals surface area contributed by atoms with E-state index >= 15 is 0 Å². The molecule has 0 aromatic carbocycles. The first-order valence-corrected chi connectivity index (χ1v) is 4.71. The lowest BCUT2D eigenvalue weighted by molar-refractivity contribution is 0.134. The van der Waals surface area contributed by atoms with Crippen LogP contribution in [0.1, 0.15) is 36.5 Å². The molecule has 0 fully saturated rings. The molecular weight excluding hydrogens is 190 g/mol. The quantitative estimate of drug-likeness (QED) is 0.791. The summed E-state index contributed by atoms with van der Waals surface area (Å²) in [5.74, 6) is -0.191. The zero-order chi connectivity index (χ0) is 10.1. The van der Waals surface area contributed by atoms with Gasteiger partial charge in [0.15, 0.2) is 5.82 Å². The van der Waals surface area contributed by atoms with Crippen molar-refractivity contribution in [2.75, 3.05) is 0 Å². The number of fused-ring (bicyclic) bond motifs is 1. The molecule has 0 atom stereocenters. The van der Waals surface area contributed by atoms with Crippen LogP contribution in [0.2, 0.25) is 0 Å². The minimum Gasteiger partial charge on any atom is -0.390 e. The van der Waals surface area contributed by atoms with E-state index in [1.807, 2.05) is 0 Å². The Balaban J connectivity index is 2.46. The highest BCUT2D eigenvalue weighted by molar-refractivity contribution is 5.19. The third-order valence-electron chi connectivity index (χ3n) is 2.58. The number of imidazole rings is 1. The van der Waals surface area contributed by atoms with E-state index in [9.17, 15) is 8.78 Å². The lowest BCUT2D eigenvalue weighted by Crippen LogP contribution is -2.13. The van der Waals surface area contributed by atoms with Crippen LogP contribution in [0, 0.1) is 0 Å². The number of halogens is 2. The highest BCUT2D eigenvalue weighted by atomic mass is 19.3. The molecule has 2 rings (SSSR count). The minimum atomic E-state index is -2.55. The van der Waals surface area contributed by atoms with E-state index in [1.165, 1.54) is 0 Å². The van der Waals surface area contributed by atoms with Crippen LogP contribution in [-0.4, -0.2) is 14.7 Å². The minimum absolute atomic E-state index is 0.191. The average molecular weight is 202 g/mol. The molecule has 78 valence electrons. The fourth-order valence-electron chi connectivity index (χ4n) is 1.94. The third kappa shape index (κ3) is 1.41. The summed E-state index contributed by atoms with van der Waals surface area (Å²) >= 11 is 0. The van der Waals surface area contributed by atoms with E-state index < -0.39 is 6.43 Å². The zero-order valence-corrected chi connectivity index (χ0v) is 7.71. The molecule has 0 unspecified atom stereocenters. The van der Waals surface area contributed by atoms with Crippen LogP contribution in [0.3, 0.4) is 0 Å². The lowest BCUT2D eigenvalue weighted by Gasteiger charge is -2.16. The summed E-state index contributed by atoms with van der Waals surface area (Å²) in [4.78, 5) is 3.77. The van der Waals surface area contributed by atoms with Crippen LogP contribution in [-0.2, 0) is 19.6 Å². The molecule has 0 saturated carbocycles. The average Bonchev–Trinajstić information content (AvgIpc) is 2.56. The molecule has 1 aliphatic rings. The normalized spacial score (nSPS) is 16.0. The van der Waals surface area contributed by atoms with Gasteiger partial charge in [-0.15, -0.1) is 0 Å². The Morgan fingerprint density at radius 1 is 1.43 bits per heavy atom. The predicted octanol–water partition coefficient (Wildman–Crippen LogP) is 1.65. The van der Waals surface area contributed by atoms with Crippen molar-refractivity contribution in [3.63, 3.8) is 0 Å². The summed E-state index contributed by atoms with van der Waals surface area (Å²) in [6.07, 6.45) is 0.0948. The van der Waals surface area contributed by atoms with Crippen molar-refractivity contribution in [3.8, 4) is 0 Å². The van der Waals surface area contributed by atoms with Crippen molar-refractivity contribution < 1.29 is 13.9 Å². The van der Waals surface area contributed by atoms with Crippen LogP contribution in [0.5, 0.6) is 0 Å². The van der Waals surface area contributed by atoms with Crippen LogP contribution in [0.15, 0.2) is 0 Å². The number of hydrogen-bond acceptors (Lipinski definition) is 2. The third-order valence-corrected chi connectivity index (χ3v) is 2.58.